The summed E-state index contributed by atoms with van der Waals surface area (Å²) in [6, 6.07) is 15.1. The molecule has 0 radical (unpaired) electrons. The number of nitrogens with zero attached hydrogens (tertiary/aromatic N) is 1. The van der Waals surface area contributed by atoms with Crippen molar-refractivity contribution < 1.29 is 14.3 Å². The van der Waals surface area contributed by atoms with Crippen LogP contribution in [0.25, 0.3) is 0 Å². The third kappa shape index (κ3) is 3.43. The first-order valence-corrected chi connectivity index (χ1v) is 8.87. The summed E-state index contributed by atoms with van der Waals surface area (Å²) in [6.45, 7) is 6.28. The highest BCUT2D eigenvalue weighted by Crippen LogP contribution is 2.28. The zero-order valence-corrected chi connectivity index (χ0v) is 15.4. The minimum Gasteiger partial charge on any atom is -0.492 e. The van der Waals surface area contributed by atoms with Crippen molar-refractivity contribution >= 4 is 11.9 Å². The highest BCUT2D eigenvalue weighted by molar-refractivity contribution is 6.07. The molecular weight excluding hydrogens is 328 g/mol. The van der Waals surface area contributed by atoms with Gasteiger partial charge in [0.2, 0.25) is 0 Å². The monoisotopic (exact) mass is 352 g/mol. The van der Waals surface area contributed by atoms with Crippen LogP contribution < -0.4 is 10.1 Å². The van der Waals surface area contributed by atoms with Crippen LogP contribution in [0.3, 0.4) is 0 Å². The number of nitrogens with one attached hydrogen (secondary N) is 1. The number of imide groups is 1. The third-order valence-corrected chi connectivity index (χ3v) is 4.79. The predicted molar refractivity (Wildman–Crippen MR) is 100 cm³/mol. The van der Waals surface area contributed by atoms with Gasteiger partial charge in [-0.1, -0.05) is 48.9 Å². The van der Waals surface area contributed by atoms with Gasteiger partial charge in [0.25, 0.3) is 5.91 Å². The van der Waals surface area contributed by atoms with Gasteiger partial charge in [-0.15, -0.1) is 0 Å². The minimum atomic E-state index is -1.03. The Hall–Kier alpha value is -2.82. The van der Waals surface area contributed by atoms with Crippen LogP contribution in [-0.2, 0) is 16.8 Å². The Kier molecular flexibility index (Phi) is 4.98. The van der Waals surface area contributed by atoms with Gasteiger partial charge in [0, 0.05) is 0 Å². The van der Waals surface area contributed by atoms with Crippen LogP contribution in [0, 0.1) is 6.92 Å². The van der Waals surface area contributed by atoms with Gasteiger partial charge in [-0.25, -0.2) is 4.79 Å². The minimum absolute atomic E-state index is 0.211. The van der Waals surface area contributed by atoms with Crippen molar-refractivity contribution in [2.75, 3.05) is 13.2 Å². The summed E-state index contributed by atoms with van der Waals surface area (Å²) in [6.07, 6.45) is 0.930. The Balaban J connectivity index is 1.66. The fourth-order valence-electron chi connectivity index (χ4n) is 3.09. The second-order valence-corrected chi connectivity index (χ2v) is 6.73. The zero-order chi connectivity index (χ0) is 18.7. The first-order chi connectivity index (χ1) is 12.4. The van der Waals surface area contributed by atoms with Crippen molar-refractivity contribution in [2.24, 2.45) is 0 Å². The molecule has 1 aliphatic rings. The molecule has 5 nitrogen and oxygen atoms in total. The maximum atomic E-state index is 12.9. The average Bonchev–Trinajstić information content (AvgIpc) is 2.86. The Morgan fingerprint density at radius 3 is 2.54 bits per heavy atom. The largest absolute Gasteiger partial charge is 0.492 e. The second-order valence-electron chi connectivity index (χ2n) is 6.73. The van der Waals surface area contributed by atoms with Crippen LogP contribution in [0.1, 0.15) is 30.5 Å². The molecule has 0 saturated carbocycles. The first kappa shape index (κ1) is 18.0. The summed E-state index contributed by atoms with van der Waals surface area (Å²) in [5, 5.41) is 2.81. The van der Waals surface area contributed by atoms with E-state index in [1.807, 2.05) is 55.5 Å². The summed E-state index contributed by atoms with van der Waals surface area (Å²) >= 11 is 0. The SMILES string of the molecule is CCc1cccc(OCCN2C(=O)NC(C)(c3ccc(C)cc3)C2=O)c1. The summed E-state index contributed by atoms with van der Waals surface area (Å²) in [7, 11) is 0. The lowest BCUT2D eigenvalue weighted by atomic mass is 9.91. The molecule has 1 N–H and O–H groups in total. The number of rotatable bonds is 6. The van der Waals surface area contributed by atoms with Crippen molar-refractivity contribution in [3.8, 4) is 5.75 Å². The lowest BCUT2D eigenvalue weighted by Crippen LogP contribution is -2.41. The van der Waals surface area contributed by atoms with E-state index in [1.54, 1.807) is 6.92 Å². The number of amides is 3. The van der Waals surface area contributed by atoms with Crippen molar-refractivity contribution in [3.63, 3.8) is 0 Å². The fraction of sp³-hybridized carbons (Fsp3) is 0.333. The molecule has 0 bridgehead atoms. The van der Waals surface area contributed by atoms with E-state index in [0.717, 1.165) is 23.3 Å². The number of hydrogen-bond donors (Lipinski definition) is 1. The van der Waals surface area contributed by atoms with E-state index in [-0.39, 0.29) is 25.1 Å². The van der Waals surface area contributed by atoms with Crippen LogP contribution in [0.2, 0.25) is 0 Å². The summed E-state index contributed by atoms with van der Waals surface area (Å²) in [5.74, 6) is 0.495. The molecule has 3 amide bonds. The highest BCUT2D eigenvalue weighted by atomic mass is 16.5. The van der Waals surface area contributed by atoms with Gasteiger partial charge in [0.1, 0.15) is 17.9 Å². The van der Waals surface area contributed by atoms with Gasteiger partial charge >= 0.3 is 6.03 Å². The van der Waals surface area contributed by atoms with E-state index in [2.05, 4.69) is 12.2 Å². The Morgan fingerprint density at radius 2 is 1.85 bits per heavy atom. The number of aryl methyl sites for hydroxylation is 2. The third-order valence-electron chi connectivity index (χ3n) is 4.79. The fourth-order valence-corrected chi connectivity index (χ4v) is 3.09. The second kappa shape index (κ2) is 7.20. The Labute approximate surface area is 154 Å². The average molecular weight is 352 g/mol. The highest BCUT2D eigenvalue weighted by Gasteiger charge is 2.48. The number of carbonyl (C=O) groups is 2. The van der Waals surface area contributed by atoms with Gasteiger partial charge in [0.15, 0.2) is 0 Å². The molecule has 1 atom stereocenters. The quantitative estimate of drug-likeness (QED) is 0.811. The molecule has 3 rings (SSSR count). The number of hydrogen-bond acceptors (Lipinski definition) is 3. The predicted octanol–water partition coefficient (Wildman–Crippen LogP) is 3.40. The topological polar surface area (TPSA) is 58.6 Å². The molecule has 0 aliphatic carbocycles. The molecule has 1 saturated heterocycles. The van der Waals surface area contributed by atoms with Crippen LogP contribution in [0.4, 0.5) is 4.79 Å². The first-order valence-electron chi connectivity index (χ1n) is 8.87. The number of ether oxygens (including phenoxy) is 1. The van der Waals surface area contributed by atoms with Crippen LogP contribution in [0.15, 0.2) is 48.5 Å². The molecule has 5 heteroatoms. The van der Waals surface area contributed by atoms with Gasteiger partial charge in [-0.2, -0.15) is 0 Å². The summed E-state index contributed by atoms with van der Waals surface area (Å²) in [4.78, 5) is 26.4. The molecule has 0 spiro atoms. The molecule has 1 fully saturated rings. The molecule has 1 unspecified atom stereocenters. The normalized spacial score (nSPS) is 19.6. The molecular formula is C21H24N2O3. The standard InChI is InChI=1S/C21H24N2O3/c1-4-16-6-5-7-18(14-16)26-13-12-23-19(24)21(3,22-20(23)25)17-10-8-15(2)9-11-17/h5-11,14H,4,12-13H2,1-3H3,(H,22,25). The number of benzene rings is 2. The Bertz CT molecular complexity index is 816. The molecule has 1 heterocycles. The van der Waals surface area contributed by atoms with E-state index in [0.29, 0.717) is 0 Å². The van der Waals surface area contributed by atoms with Crippen LogP contribution >= 0.6 is 0 Å². The van der Waals surface area contributed by atoms with Gasteiger partial charge < -0.3 is 10.1 Å². The van der Waals surface area contributed by atoms with E-state index >= 15 is 0 Å². The molecule has 1 aliphatic heterocycles. The lowest BCUT2D eigenvalue weighted by molar-refractivity contribution is -0.131. The van der Waals surface area contributed by atoms with E-state index in [1.165, 1.54) is 10.5 Å². The van der Waals surface area contributed by atoms with Crippen molar-refractivity contribution in [1.82, 2.24) is 10.2 Å². The number of urea groups is 1. The van der Waals surface area contributed by atoms with Crippen molar-refractivity contribution in [3.05, 3.63) is 65.2 Å². The molecule has 0 aromatic heterocycles. The smallest absolute Gasteiger partial charge is 0.325 e. The lowest BCUT2D eigenvalue weighted by Gasteiger charge is -2.22. The van der Waals surface area contributed by atoms with Crippen LogP contribution in [-0.4, -0.2) is 30.0 Å². The number of carbonyl (C=O) groups excluding carboxylic acids is 2. The molecule has 26 heavy (non-hydrogen) atoms. The Morgan fingerprint density at radius 1 is 1.12 bits per heavy atom. The summed E-state index contributed by atoms with van der Waals surface area (Å²) in [5.41, 5.74) is 2.03. The maximum Gasteiger partial charge on any atom is 0.325 e. The van der Waals surface area contributed by atoms with Crippen LogP contribution in [0.5, 0.6) is 5.75 Å². The summed E-state index contributed by atoms with van der Waals surface area (Å²) < 4.78 is 5.72. The van der Waals surface area contributed by atoms with Crippen molar-refractivity contribution in [1.29, 1.82) is 0 Å². The van der Waals surface area contributed by atoms with Gasteiger partial charge in [-0.3, -0.25) is 9.69 Å². The van der Waals surface area contributed by atoms with Crippen molar-refractivity contribution in [2.45, 2.75) is 32.7 Å². The molecule has 2 aromatic carbocycles. The van der Waals surface area contributed by atoms with E-state index < -0.39 is 5.54 Å². The molecule has 2 aromatic rings. The zero-order valence-electron chi connectivity index (χ0n) is 15.4. The maximum absolute atomic E-state index is 12.9. The van der Waals surface area contributed by atoms with Gasteiger partial charge in [0.05, 0.1) is 6.54 Å². The van der Waals surface area contributed by atoms with Gasteiger partial charge in [-0.05, 0) is 43.5 Å². The molecule has 136 valence electrons. The van der Waals surface area contributed by atoms with E-state index in [4.69, 9.17) is 4.74 Å². The van der Waals surface area contributed by atoms with E-state index in [9.17, 15) is 9.59 Å².